The van der Waals surface area contributed by atoms with E-state index in [1.54, 1.807) is 11.0 Å². The molecule has 1 rings (SSSR count). The van der Waals surface area contributed by atoms with Crippen LogP contribution in [0, 0.1) is 0 Å². The van der Waals surface area contributed by atoms with Crippen LogP contribution in [0.5, 0.6) is 0 Å². The number of nitrogens with two attached hydrogens (primary N) is 2. The monoisotopic (exact) mass is 211 g/mol. The SMILES string of the molecule is CC(C)c1ncn(CCC(N)C(N)=O)n1. The predicted molar refractivity (Wildman–Crippen MR) is 55.9 cm³/mol. The summed E-state index contributed by atoms with van der Waals surface area (Å²) >= 11 is 0. The van der Waals surface area contributed by atoms with Gasteiger partial charge in [0.2, 0.25) is 5.91 Å². The van der Waals surface area contributed by atoms with Crippen LogP contribution in [0.25, 0.3) is 0 Å². The standard InChI is InChI=1S/C9H17N5O/c1-6(2)9-12-5-14(13-9)4-3-7(10)8(11)15/h5-7H,3-4,10H2,1-2H3,(H2,11,15). The van der Waals surface area contributed by atoms with Crippen LogP contribution in [0.2, 0.25) is 0 Å². The van der Waals surface area contributed by atoms with Gasteiger partial charge in [0, 0.05) is 12.5 Å². The third-order valence-corrected chi connectivity index (χ3v) is 2.11. The van der Waals surface area contributed by atoms with Gasteiger partial charge in [-0.15, -0.1) is 0 Å². The highest BCUT2D eigenvalue weighted by Gasteiger charge is 2.10. The Kier molecular flexibility index (Phi) is 3.79. The quantitative estimate of drug-likeness (QED) is 0.692. The fourth-order valence-electron chi connectivity index (χ4n) is 1.09. The van der Waals surface area contributed by atoms with Crippen molar-refractivity contribution in [1.82, 2.24) is 14.8 Å². The Hall–Kier alpha value is -1.43. The number of primary amides is 1. The van der Waals surface area contributed by atoms with Crippen LogP contribution in [0.3, 0.4) is 0 Å². The van der Waals surface area contributed by atoms with E-state index in [9.17, 15) is 4.79 Å². The summed E-state index contributed by atoms with van der Waals surface area (Å²) < 4.78 is 1.68. The molecule has 6 nitrogen and oxygen atoms in total. The minimum Gasteiger partial charge on any atom is -0.368 e. The molecule has 1 amide bonds. The van der Waals surface area contributed by atoms with Gasteiger partial charge in [-0.2, -0.15) is 5.10 Å². The van der Waals surface area contributed by atoms with Crippen molar-refractivity contribution >= 4 is 5.91 Å². The molecule has 0 bridgehead atoms. The molecule has 0 saturated heterocycles. The summed E-state index contributed by atoms with van der Waals surface area (Å²) in [6.45, 7) is 4.60. The number of hydrogen-bond donors (Lipinski definition) is 2. The lowest BCUT2D eigenvalue weighted by Gasteiger charge is -2.06. The number of hydrogen-bond acceptors (Lipinski definition) is 4. The maximum atomic E-state index is 10.7. The Bertz CT molecular complexity index is 333. The smallest absolute Gasteiger partial charge is 0.234 e. The van der Waals surface area contributed by atoms with Crippen LogP contribution >= 0.6 is 0 Å². The molecular formula is C9H17N5O. The van der Waals surface area contributed by atoms with Crippen molar-refractivity contribution < 1.29 is 4.79 Å². The molecule has 0 spiro atoms. The summed E-state index contributed by atoms with van der Waals surface area (Å²) in [6, 6.07) is -0.614. The highest BCUT2D eigenvalue weighted by atomic mass is 16.1. The van der Waals surface area contributed by atoms with Gasteiger partial charge < -0.3 is 11.5 Å². The van der Waals surface area contributed by atoms with Crippen LogP contribution < -0.4 is 11.5 Å². The zero-order valence-electron chi connectivity index (χ0n) is 9.05. The fourth-order valence-corrected chi connectivity index (χ4v) is 1.09. The second kappa shape index (κ2) is 4.88. The second-order valence-electron chi connectivity index (χ2n) is 3.82. The number of nitrogens with zero attached hydrogens (tertiary/aromatic N) is 3. The maximum Gasteiger partial charge on any atom is 0.234 e. The molecule has 1 heterocycles. The van der Waals surface area contributed by atoms with Gasteiger partial charge in [0.15, 0.2) is 5.82 Å². The van der Waals surface area contributed by atoms with Crippen LogP contribution in [-0.2, 0) is 11.3 Å². The third kappa shape index (κ3) is 3.32. The van der Waals surface area contributed by atoms with Gasteiger partial charge in [-0.3, -0.25) is 9.48 Å². The van der Waals surface area contributed by atoms with Gasteiger partial charge in [-0.05, 0) is 6.42 Å². The molecule has 0 aliphatic rings. The van der Waals surface area contributed by atoms with Crippen molar-refractivity contribution in [3.8, 4) is 0 Å². The lowest BCUT2D eigenvalue weighted by Crippen LogP contribution is -2.37. The first-order valence-electron chi connectivity index (χ1n) is 4.95. The normalized spacial score (nSPS) is 13.1. The van der Waals surface area contributed by atoms with Crippen LogP contribution in [-0.4, -0.2) is 26.7 Å². The van der Waals surface area contributed by atoms with E-state index in [-0.39, 0.29) is 0 Å². The third-order valence-electron chi connectivity index (χ3n) is 2.11. The summed E-state index contributed by atoms with van der Waals surface area (Å²) in [5, 5.41) is 4.24. The summed E-state index contributed by atoms with van der Waals surface area (Å²) in [5.41, 5.74) is 10.5. The topological polar surface area (TPSA) is 99.8 Å². The Labute approximate surface area is 88.7 Å². The molecular weight excluding hydrogens is 194 g/mol. The van der Waals surface area contributed by atoms with E-state index in [0.29, 0.717) is 18.9 Å². The molecule has 0 aliphatic carbocycles. The first-order chi connectivity index (χ1) is 7.00. The first-order valence-corrected chi connectivity index (χ1v) is 4.95. The Morgan fingerprint density at radius 3 is 2.73 bits per heavy atom. The molecule has 0 aromatic carbocycles. The minimum absolute atomic E-state index is 0.302. The highest BCUT2D eigenvalue weighted by Crippen LogP contribution is 2.07. The summed E-state index contributed by atoms with van der Waals surface area (Å²) in [5.74, 6) is 0.609. The predicted octanol–water partition coefficient (Wildman–Crippen LogP) is -0.396. The molecule has 15 heavy (non-hydrogen) atoms. The molecule has 1 atom stereocenters. The second-order valence-corrected chi connectivity index (χ2v) is 3.82. The number of rotatable bonds is 5. The average molecular weight is 211 g/mol. The van der Waals surface area contributed by atoms with E-state index in [1.165, 1.54) is 0 Å². The zero-order chi connectivity index (χ0) is 11.4. The lowest BCUT2D eigenvalue weighted by atomic mass is 10.2. The average Bonchev–Trinajstić information content (AvgIpc) is 2.62. The van der Waals surface area contributed by atoms with Crippen molar-refractivity contribution in [2.45, 2.75) is 38.8 Å². The molecule has 1 aromatic rings. The van der Waals surface area contributed by atoms with Crippen LogP contribution in [0.1, 0.15) is 32.0 Å². The van der Waals surface area contributed by atoms with Gasteiger partial charge in [-0.25, -0.2) is 4.98 Å². The summed E-state index contributed by atoms with van der Waals surface area (Å²) in [7, 11) is 0. The van der Waals surface area contributed by atoms with Crippen LogP contribution in [0.4, 0.5) is 0 Å². The number of carbonyl (C=O) groups is 1. The molecule has 0 saturated carbocycles. The molecule has 0 fully saturated rings. The number of aryl methyl sites for hydroxylation is 1. The summed E-state index contributed by atoms with van der Waals surface area (Å²) in [6.07, 6.45) is 2.12. The van der Waals surface area contributed by atoms with Crippen molar-refractivity contribution in [2.75, 3.05) is 0 Å². The van der Waals surface area contributed by atoms with Gasteiger partial charge in [0.1, 0.15) is 6.33 Å². The molecule has 6 heteroatoms. The highest BCUT2D eigenvalue weighted by molar-refractivity contribution is 5.79. The number of amides is 1. The molecule has 84 valence electrons. The Morgan fingerprint density at radius 2 is 2.27 bits per heavy atom. The summed E-state index contributed by atoms with van der Waals surface area (Å²) in [4.78, 5) is 14.8. The van der Waals surface area contributed by atoms with E-state index in [0.717, 1.165) is 5.82 Å². The molecule has 0 radical (unpaired) electrons. The molecule has 1 aromatic heterocycles. The minimum atomic E-state index is -0.614. The van der Waals surface area contributed by atoms with Crippen molar-refractivity contribution in [1.29, 1.82) is 0 Å². The fraction of sp³-hybridized carbons (Fsp3) is 0.667. The maximum absolute atomic E-state index is 10.7. The van der Waals surface area contributed by atoms with Gasteiger partial charge in [0.25, 0.3) is 0 Å². The van der Waals surface area contributed by atoms with Gasteiger partial charge >= 0.3 is 0 Å². The zero-order valence-corrected chi connectivity index (χ0v) is 9.05. The van der Waals surface area contributed by atoms with Crippen molar-refractivity contribution in [3.63, 3.8) is 0 Å². The van der Waals surface area contributed by atoms with Gasteiger partial charge in [0.05, 0.1) is 6.04 Å². The van der Waals surface area contributed by atoms with E-state index in [4.69, 9.17) is 11.5 Å². The van der Waals surface area contributed by atoms with Gasteiger partial charge in [-0.1, -0.05) is 13.8 Å². The first kappa shape index (κ1) is 11.6. The number of carbonyl (C=O) groups excluding carboxylic acids is 1. The molecule has 4 N–H and O–H groups in total. The van der Waals surface area contributed by atoms with Crippen molar-refractivity contribution in [2.24, 2.45) is 11.5 Å². The van der Waals surface area contributed by atoms with E-state index in [2.05, 4.69) is 10.1 Å². The van der Waals surface area contributed by atoms with Crippen LogP contribution in [0.15, 0.2) is 6.33 Å². The van der Waals surface area contributed by atoms with E-state index in [1.807, 2.05) is 13.8 Å². The molecule has 0 aliphatic heterocycles. The Morgan fingerprint density at radius 1 is 1.60 bits per heavy atom. The van der Waals surface area contributed by atoms with E-state index < -0.39 is 11.9 Å². The number of aromatic nitrogens is 3. The lowest BCUT2D eigenvalue weighted by molar-refractivity contribution is -0.119. The van der Waals surface area contributed by atoms with E-state index >= 15 is 0 Å². The Balaban J connectivity index is 2.47. The largest absolute Gasteiger partial charge is 0.368 e. The molecule has 1 unspecified atom stereocenters. The van der Waals surface area contributed by atoms with Crippen molar-refractivity contribution in [3.05, 3.63) is 12.2 Å².